The summed E-state index contributed by atoms with van der Waals surface area (Å²) >= 11 is 0. The third-order valence-electron chi connectivity index (χ3n) is 3.85. The molecule has 5 heteroatoms. The molecule has 0 bridgehead atoms. The molecule has 0 saturated heterocycles. The predicted octanol–water partition coefficient (Wildman–Crippen LogP) is 3.11. The zero-order valence-electron chi connectivity index (χ0n) is 13.4. The zero-order valence-corrected chi connectivity index (χ0v) is 13.4. The summed E-state index contributed by atoms with van der Waals surface area (Å²) in [5, 5.41) is 10.4. The quantitative estimate of drug-likeness (QED) is 0.720. The lowest BCUT2D eigenvalue weighted by Gasteiger charge is -2.06. The molecule has 2 aromatic carbocycles. The Hall–Kier alpha value is -3.65. The fraction of sp³-hybridized carbons (Fsp3) is 0.0500. The summed E-state index contributed by atoms with van der Waals surface area (Å²) in [7, 11) is 0. The minimum atomic E-state index is -0.202. The molecule has 0 fully saturated rings. The number of aliphatic imine (C=N–C) groups is 1. The molecule has 0 aliphatic heterocycles. The van der Waals surface area contributed by atoms with Crippen LogP contribution in [0.5, 0.6) is 0 Å². The van der Waals surface area contributed by atoms with Crippen LogP contribution in [0, 0.1) is 11.3 Å². The average molecular weight is 328 g/mol. The van der Waals surface area contributed by atoms with Gasteiger partial charge in [-0.05, 0) is 41.6 Å². The maximum atomic E-state index is 12.3. The topological polar surface area (TPSA) is 95.0 Å². The van der Waals surface area contributed by atoms with E-state index in [-0.39, 0.29) is 5.56 Å². The normalized spacial score (nSPS) is 11.3. The molecule has 3 N–H and O–H groups in total. The molecule has 0 aliphatic carbocycles. The van der Waals surface area contributed by atoms with Gasteiger partial charge in [0.2, 0.25) is 0 Å². The van der Waals surface area contributed by atoms with Crippen LogP contribution in [0.1, 0.15) is 11.1 Å². The summed E-state index contributed by atoms with van der Waals surface area (Å²) in [4.78, 5) is 19.4. The van der Waals surface area contributed by atoms with Gasteiger partial charge in [-0.3, -0.25) is 9.79 Å². The van der Waals surface area contributed by atoms with E-state index < -0.39 is 0 Å². The Balaban J connectivity index is 1.97. The second kappa shape index (κ2) is 7.28. The van der Waals surface area contributed by atoms with Gasteiger partial charge in [-0.2, -0.15) is 5.26 Å². The zero-order chi connectivity index (χ0) is 17.6. The van der Waals surface area contributed by atoms with E-state index in [2.05, 4.69) is 16.0 Å². The Labute approximate surface area is 144 Å². The molecule has 0 aliphatic rings. The highest BCUT2D eigenvalue weighted by Gasteiger charge is 2.07. The maximum absolute atomic E-state index is 12.3. The van der Waals surface area contributed by atoms with Gasteiger partial charge in [0.15, 0.2) is 0 Å². The third kappa shape index (κ3) is 3.48. The van der Waals surface area contributed by atoms with E-state index in [1.54, 1.807) is 30.5 Å². The van der Waals surface area contributed by atoms with Gasteiger partial charge in [0, 0.05) is 22.7 Å². The Kier molecular flexibility index (Phi) is 4.72. The number of hydrogen-bond acceptors (Lipinski definition) is 4. The number of allylic oxidation sites excluding steroid dienone is 1. The van der Waals surface area contributed by atoms with Crippen LogP contribution in [-0.4, -0.2) is 11.2 Å². The largest absolute Gasteiger partial charge is 0.405 e. The van der Waals surface area contributed by atoms with Gasteiger partial charge in [0.25, 0.3) is 5.56 Å². The van der Waals surface area contributed by atoms with Crippen LogP contribution in [0.4, 0.5) is 0 Å². The van der Waals surface area contributed by atoms with Gasteiger partial charge in [-0.15, -0.1) is 0 Å². The number of pyridine rings is 1. The summed E-state index contributed by atoms with van der Waals surface area (Å²) in [5.74, 6) is 0. The number of nitrogens with one attached hydrogen (secondary N) is 1. The molecule has 1 heterocycles. The number of aromatic amines is 1. The van der Waals surface area contributed by atoms with Gasteiger partial charge in [0.05, 0.1) is 18.2 Å². The Morgan fingerprint density at radius 3 is 2.68 bits per heavy atom. The second-order valence-corrected chi connectivity index (χ2v) is 5.46. The number of rotatable bonds is 4. The SMILES string of the molecule is N#Cc1cccc2c(=O)[nH]c(-c3ccc(CN=CC=CN)cc3)cc12. The van der Waals surface area contributed by atoms with Crippen molar-refractivity contribution in [2.24, 2.45) is 10.7 Å². The van der Waals surface area contributed by atoms with Gasteiger partial charge in [-0.1, -0.05) is 30.3 Å². The van der Waals surface area contributed by atoms with E-state index in [4.69, 9.17) is 5.73 Å². The Morgan fingerprint density at radius 1 is 1.16 bits per heavy atom. The molecule has 0 saturated carbocycles. The van der Waals surface area contributed by atoms with Crippen LogP contribution >= 0.6 is 0 Å². The lowest BCUT2D eigenvalue weighted by Crippen LogP contribution is -2.07. The first-order valence-corrected chi connectivity index (χ1v) is 7.75. The van der Waals surface area contributed by atoms with Crippen molar-refractivity contribution in [3.8, 4) is 17.3 Å². The molecule has 0 spiro atoms. The molecular weight excluding hydrogens is 312 g/mol. The summed E-state index contributed by atoms with van der Waals surface area (Å²) in [5.41, 5.74) is 8.14. The molecule has 0 atom stereocenters. The molecule has 122 valence electrons. The smallest absolute Gasteiger partial charge is 0.256 e. The van der Waals surface area contributed by atoms with Crippen molar-refractivity contribution in [2.75, 3.05) is 0 Å². The summed E-state index contributed by atoms with van der Waals surface area (Å²) in [6, 6.07) is 16.9. The number of aromatic nitrogens is 1. The molecule has 1 aromatic heterocycles. The Morgan fingerprint density at radius 2 is 1.96 bits per heavy atom. The highest BCUT2D eigenvalue weighted by atomic mass is 16.1. The minimum absolute atomic E-state index is 0.202. The summed E-state index contributed by atoms with van der Waals surface area (Å²) in [6.45, 7) is 0.553. The molecule has 0 radical (unpaired) electrons. The number of nitrogens with two attached hydrogens (primary N) is 1. The third-order valence-corrected chi connectivity index (χ3v) is 3.85. The lowest BCUT2D eigenvalue weighted by atomic mass is 10.0. The molecule has 25 heavy (non-hydrogen) atoms. The number of nitriles is 1. The van der Waals surface area contributed by atoms with Crippen LogP contribution in [0.15, 0.2) is 70.6 Å². The average Bonchev–Trinajstić information content (AvgIpc) is 2.65. The number of fused-ring (bicyclic) bond motifs is 1. The number of hydrogen-bond donors (Lipinski definition) is 2. The minimum Gasteiger partial charge on any atom is -0.405 e. The number of H-pyrrole nitrogens is 1. The summed E-state index contributed by atoms with van der Waals surface area (Å²) < 4.78 is 0. The first-order chi connectivity index (χ1) is 12.2. The van der Waals surface area contributed by atoms with Crippen molar-refractivity contribution < 1.29 is 0 Å². The molecule has 5 nitrogen and oxygen atoms in total. The van der Waals surface area contributed by atoms with E-state index in [1.165, 1.54) is 6.20 Å². The van der Waals surface area contributed by atoms with Gasteiger partial charge >= 0.3 is 0 Å². The molecular formula is C20H16N4O. The predicted molar refractivity (Wildman–Crippen MR) is 100 cm³/mol. The second-order valence-electron chi connectivity index (χ2n) is 5.46. The van der Waals surface area contributed by atoms with E-state index >= 15 is 0 Å². The molecule has 0 amide bonds. The van der Waals surface area contributed by atoms with E-state index in [1.807, 2.05) is 30.3 Å². The first kappa shape index (κ1) is 16.2. The van der Waals surface area contributed by atoms with Crippen LogP contribution in [-0.2, 0) is 6.54 Å². The van der Waals surface area contributed by atoms with Crippen molar-refractivity contribution in [3.05, 3.63) is 82.3 Å². The van der Waals surface area contributed by atoms with Crippen molar-refractivity contribution in [1.29, 1.82) is 5.26 Å². The van der Waals surface area contributed by atoms with Crippen LogP contribution in [0.25, 0.3) is 22.0 Å². The van der Waals surface area contributed by atoms with Crippen molar-refractivity contribution >= 4 is 17.0 Å². The van der Waals surface area contributed by atoms with E-state index in [9.17, 15) is 10.1 Å². The van der Waals surface area contributed by atoms with Crippen LogP contribution in [0.3, 0.4) is 0 Å². The highest BCUT2D eigenvalue weighted by Crippen LogP contribution is 2.22. The molecule has 3 rings (SSSR count). The van der Waals surface area contributed by atoms with Gasteiger partial charge in [0.1, 0.15) is 0 Å². The standard InChI is InChI=1S/C20H16N4O/c21-9-2-10-23-13-14-5-7-15(8-6-14)19-11-18-16(12-22)3-1-4-17(18)20(25)24-19/h1-11H,13,21H2,(H,24,25). The van der Waals surface area contributed by atoms with Crippen LogP contribution < -0.4 is 11.3 Å². The van der Waals surface area contributed by atoms with E-state index in [0.29, 0.717) is 28.6 Å². The van der Waals surface area contributed by atoms with Crippen molar-refractivity contribution in [2.45, 2.75) is 6.54 Å². The fourth-order valence-corrected chi connectivity index (χ4v) is 2.60. The van der Waals surface area contributed by atoms with Gasteiger partial charge < -0.3 is 10.7 Å². The summed E-state index contributed by atoms with van der Waals surface area (Å²) in [6.07, 6.45) is 4.75. The van der Waals surface area contributed by atoms with Crippen molar-refractivity contribution in [1.82, 2.24) is 4.98 Å². The number of nitrogens with zero attached hydrogens (tertiary/aromatic N) is 2. The first-order valence-electron chi connectivity index (χ1n) is 7.75. The Bertz CT molecular complexity index is 1050. The molecule has 3 aromatic rings. The monoisotopic (exact) mass is 328 g/mol. The van der Waals surface area contributed by atoms with E-state index in [0.717, 1.165) is 11.1 Å². The maximum Gasteiger partial charge on any atom is 0.256 e. The van der Waals surface area contributed by atoms with Gasteiger partial charge in [-0.25, -0.2) is 0 Å². The fourth-order valence-electron chi connectivity index (χ4n) is 2.60. The highest BCUT2D eigenvalue weighted by molar-refractivity contribution is 5.89. The molecule has 0 unspecified atom stereocenters. The number of benzene rings is 2. The van der Waals surface area contributed by atoms with Crippen LogP contribution in [0.2, 0.25) is 0 Å². The lowest BCUT2D eigenvalue weighted by molar-refractivity contribution is 1.08. The van der Waals surface area contributed by atoms with Crippen molar-refractivity contribution in [3.63, 3.8) is 0 Å².